The van der Waals surface area contributed by atoms with Gasteiger partial charge in [-0.1, -0.05) is 55.4 Å². The summed E-state index contributed by atoms with van der Waals surface area (Å²) in [4.78, 5) is 23.4. The summed E-state index contributed by atoms with van der Waals surface area (Å²) in [6, 6.07) is 0. The molecular weight excluding hydrogens is 256 g/mol. The summed E-state index contributed by atoms with van der Waals surface area (Å²) in [6.07, 6.45) is 0.650. The summed E-state index contributed by atoms with van der Waals surface area (Å²) in [5.74, 6) is -3.90. The molecule has 4 heteroatoms. The van der Waals surface area contributed by atoms with Gasteiger partial charge in [0.1, 0.15) is 0 Å². The molecule has 0 rings (SSSR count). The Labute approximate surface area is 122 Å². The smallest absolute Gasteiger partial charge is 0.307 e. The molecule has 2 unspecified atom stereocenters. The quantitative estimate of drug-likeness (QED) is 0.804. The SMILES string of the molecule is CC(C)(C)CC(C)(C)C(C(=O)O)C(C(=O)O)C(C)(C)C. The third-order valence-electron chi connectivity index (χ3n) is 3.63. The van der Waals surface area contributed by atoms with Crippen molar-refractivity contribution >= 4 is 11.9 Å². The molecule has 2 N–H and O–H groups in total. The van der Waals surface area contributed by atoms with Crippen molar-refractivity contribution in [3.05, 3.63) is 0 Å². The Morgan fingerprint density at radius 2 is 1.15 bits per heavy atom. The van der Waals surface area contributed by atoms with Gasteiger partial charge in [0.2, 0.25) is 0 Å². The van der Waals surface area contributed by atoms with E-state index in [4.69, 9.17) is 0 Å². The zero-order valence-corrected chi connectivity index (χ0v) is 14.1. The van der Waals surface area contributed by atoms with Gasteiger partial charge in [0.15, 0.2) is 0 Å². The Hall–Kier alpha value is -1.06. The van der Waals surface area contributed by atoms with E-state index in [0.29, 0.717) is 6.42 Å². The number of aliphatic carboxylic acids is 2. The van der Waals surface area contributed by atoms with Crippen LogP contribution in [0.1, 0.15) is 61.8 Å². The number of carboxylic acid groups (broad SMARTS) is 2. The monoisotopic (exact) mass is 286 g/mol. The van der Waals surface area contributed by atoms with Gasteiger partial charge >= 0.3 is 11.9 Å². The second-order valence-corrected chi connectivity index (χ2v) is 8.72. The van der Waals surface area contributed by atoms with Gasteiger partial charge in [0.25, 0.3) is 0 Å². The van der Waals surface area contributed by atoms with Crippen LogP contribution in [0.15, 0.2) is 0 Å². The third kappa shape index (κ3) is 5.14. The first kappa shape index (κ1) is 18.9. The van der Waals surface area contributed by atoms with Gasteiger partial charge < -0.3 is 10.2 Å². The van der Waals surface area contributed by atoms with Crippen LogP contribution in [0.2, 0.25) is 0 Å². The number of hydrogen-bond acceptors (Lipinski definition) is 2. The summed E-state index contributed by atoms with van der Waals surface area (Å²) in [5, 5.41) is 19.2. The van der Waals surface area contributed by atoms with Crippen LogP contribution in [0, 0.1) is 28.1 Å². The lowest BCUT2D eigenvalue weighted by Gasteiger charge is -2.43. The highest BCUT2D eigenvalue weighted by Crippen LogP contribution is 2.47. The molecule has 0 spiro atoms. The Morgan fingerprint density at radius 3 is 1.35 bits per heavy atom. The van der Waals surface area contributed by atoms with Crippen LogP contribution in [-0.2, 0) is 9.59 Å². The average Bonchev–Trinajstić information content (AvgIpc) is 2.05. The molecule has 2 atom stereocenters. The van der Waals surface area contributed by atoms with E-state index >= 15 is 0 Å². The molecule has 20 heavy (non-hydrogen) atoms. The Morgan fingerprint density at radius 1 is 0.800 bits per heavy atom. The predicted molar refractivity (Wildman–Crippen MR) is 79.6 cm³/mol. The first-order valence-electron chi connectivity index (χ1n) is 7.05. The molecule has 118 valence electrons. The van der Waals surface area contributed by atoms with Gasteiger partial charge in [-0.25, -0.2) is 0 Å². The lowest BCUT2D eigenvalue weighted by molar-refractivity contribution is -0.165. The Balaban J connectivity index is 5.75. The van der Waals surface area contributed by atoms with Crippen LogP contribution in [0.3, 0.4) is 0 Å². The maximum Gasteiger partial charge on any atom is 0.307 e. The van der Waals surface area contributed by atoms with Gasteiger partial charge in [0, 0.05) is 0 Å². The van der Waals surface area contributed by atoms with Gasteiger partial charge in [-0.3, -0.25) is 9.59 Å². The maximum atomic E-state index is 11.8. The summed E-state index contributed by atoms with van der Waals surface area (Å²) in [6.45, 7) is 15.2. The fraction of sp³-hybridized carbons (Fsp3) is 0.875. The topological polar surface area (TPSA) is 74.6 Å². The molecule has 0 aromatic rings. The lowest BCUT2D eigenvalue weighted by atomic mass is 9.60. The molecule has 0 aromatic carbocycles. The molecule has 0 saturated heterocycles. The van der Waals surface area contributed by atoms with Crippen molar-refractivity contribution < 1.29 is 19.8 Å². The van der Waals surface area contributed by atoms with Gasteiger partial charge in [-0.05, 0) is 22.7 Å². The largest absolute Gasteiger partial charge is 0.481 e. The van der Waals surface area contributed by atoms with Crippen molar-refractivity contribution in [1.82, 2.24) is 0 Å². The van der Waals surface area contributed by atoms with Crippen molar-refractivity contribution in [1.29, 1.82) is 0 Å². The fourth-order valence-electron chi connectivity index (χ4n) is 3.42. The van der Waals surface area contributed by atoms with Crippen LogP contribution in [0.4, 0.5) is 0 Å². The van der Waals surface area contributed by atoms with Crippen molar-refractivity contribution in [2.24, 2.45) is 28.1 Å². The highest BCUT2D eigenvalue weighted by molar-refractivity contribution is 5.81. The lowest BCUT2D eigenvalue weighted by Crippen LogP contribution is -2.47. The Kier molecular flexibility index (Phi) is 5.44. The molecule has 0 radical (unpaired) electrons. The van der Waals surface area contributed by atoms with E-state index in [0.717, 1.165) is 0 Å². The molecular formula is C16H30O4. The highest BCUT2D eigenvalue weighted by Gasteiger charge is 2.50. The minimum atomic E-state index is -1.04. The van der Waals surface area contributed by atoms with Crippen molar-refractivity contribution in [3.63, 3.8) is 0 Å². The van der Waals surface area contributed by atoms with Gasteiger partial charge in [-0.15, -0.1) is 0 Å². The molecule has 0 fully saturated rings. The minimum Gasteiger partial charge on any atom is -0.481 e. The standard InChI is InChI=1S/C16H30O4/c1-14(2,3)9-16(7,8)11(13(19)20)10(12(17)18)15(4,5)6/h10-11H,9H2,1-8H3,(H,17,18)(H,19,20). The van der Waals surface area contributed by atoms with Crippen molar-refractivity contribution in [2.75, 3.05) is 0 Å². The van der Waals surface area contributed by atoms with Crippen molar-refractivity contribution in [2.45, 2.75) is 61.8 Å². The van der Waals surface area contributed by atoms with E-state index in [2.05, 4.69) is 0 Å². The van der Waals surface area contributed by atoms with Gasteiger partial charge in [0.05, 0.1) is 11.8 Å². The molecule has 0 aliphatic carbocycles. The zero-order chi connectivity index (χ0) is 16.5. The average molecular weight is 286 g/mol. The van der Waals surface area contributed by atoms with Crippen LogP contribution >= 0.6 is 0 Å². The second kappa shape index (κ2) is 5.74. The number of hydrogen-bond donors (Lipinski definition) is 2. The molecule has 0 bridgehead atoms. The van der Waals surface area contributed by atoms with Crippen LogP contribution < -0.4 is 0 Å². The summed E-state index contributed by atoms with van der Waals surface area (Å²) in [7, 11) is 0. The molecule has 0 heterocycles. The number of rotatable bonds is 5. The predicted octanol–water partition coefficient (Wildman–Crippen LogP) is 3.90. The molecule has 0 aliphatic heterocycles. The molecule has 0 amide bonds. The normalized spacial score (nSPS) is 16.6. The van der Waals surface area contributed by atoms with E-state index in [9.17, 15) is 19.8 Å². The fourth-order valence-corrected chi connectivity index (χ4v) is 3.42. The first-order valence-corrected chi connectivity index (χ1v) is 7.05. The van der Waals surface area contributed by atoms with E-state index in [1.807, 2.05) is 34.6 Å². The zero-order valence-electron chi connectivity index (χ0n) is 14.1. The van der Waals surface area contributed by atoms with E-state index in [1.165, 1.54) is 0 Å². The number of carbonyl (C=O) groups is 2. The highest BCUT2D eigenvalue weighted by atomic mass is 16.4. The van der Waals surface area contributed by atoms with Crippen LogP contribution in [0.25, 0.3) is 0 Å². The summed E-state index contributed by atoms with van der Waals surface area (Å²) in [5.41, 5.74) is -1.26. The molecule has 4 nitrogen and oxygen atoms in total. The summed E-state index contributed by atoms with van der Waals surface area (Å²) < 4.78 is 0. The Bertz CT molecular complexity index is 369. The molecule has 0 aromatic heterocycles. The van der Waals surface area contributed by atoms with Crippen LogP contribution in [0.5, 0.6) is 0 Å². The van der Waals surface area contributed by atoms with E-state index < -0.39 is 34.6 Å². The van der Waals surface area contributed by atoms with Crippen molar-refractivity contribution in [3.8, 4) is 0 Å². The minimum absolute atomic E-state index is 0.0574. The van der Waals surface area contributed by atoms with Gasteiger partial charge in [-0.2, -0.15) is 0 Å². The van der Waals surface area contributed by atoms with E-state index in [1.54, 1.807) is 20.8 Å². The second-order valence-electron chi connectivity index (χ2n) is 8.72. The molecule has 0 aliphatic rings. The molecule has 0 saturated carbocycles. The summed E-state index contributed by atoms with van der Waals surface area (Å²) >= 11 is 0. The van der Waals surface area contributed by atoms with E-state index in [-0.39, 0.29) is 5.41 Å². The maximum absolute atomic E-state index is 11.8. The first-order chi connectivity index (χ1) is 8.59. The van der Waals surface area contributed by atoms with Crippen LogP contribution in [-0.4, -0.2) is 22.2 Å². The number of carboxylic acids is 2. The third-order valence-corrected chi connectivity index (χ3v) is 3.63.